The van der Waals surface area contributed by atoms with Gasteiger partial charge in [0, 0.05) is 49.5 Å². The second kappa shape index (κ2) is 11.1. The Kier molecular flexibility index (Phi) is 7.66. The first-order valence-corrected chi connectivity index (χ1v) is 13.7. The molecule has 2 N–H and O–H groups in total. The Hall–Kier alpha value is -3.78. The zero-order chi connectivity index (χ0) is 27.6. The number of nitrogens with zero attached hydrogens (tertiary/aromatic N) is 4. The first kappa shape index (κ1) is 26.8. The topological polar surface area (TPSA) is 118 Å². The van der Waals surface area contributed by atoms with Gasteiger partial charge in [0.25, 0.3) is 5.91 Å². The van der Waals surface area contributed by atoms with Gasteiger partial charge < -0.3 is 4.74 Å². The van der Waals surface area contributed by atoms with Gasteiger partial charge in [-0.05, 0) is 37.3 Å². The highest BCUT2D eigenvalue weighted by molar-refractivity contribution is 7.89. The highest BCUT2D eigenvalue weighted by Crippen LogP contribution is 2.26. The van der Waals surface area contributed by atoms with Crippen molar-refractivity contribution >= 4 is 26.8 Å². The molecule has 39 heavy (non-hydrogen) atoms. The number of morpholine rings is 1. The largest absolute Gasteiger partial charge is 0.379 e. The number of benzene rings is 2. The molecule has 1 amide bonds. The lowest BCUT2D eigenvalue weighted by atomic mass is 10.2. The van der Waals surface area contributed by atoms with Crippen LogP contribution in [0.25, 0.3) is 22.3 Å². The van der Waals surface area contributed by atoms with Crippen LogP contribution in [0.15, 0.2) is 59.8 Å². The number of ether oxygens (including phenoxy) is 1. The highest BCUT2D eigenvalue weighted by Gasteiger charge is 2.23. The number of aromatic nitrogens is 3. The van der Waals surface area contributed by atoms with Gasteiger partial charge in [0.2, 0.25) is 10.0 Å². The molecule has 2 aromatic heterocycles. The molecular weight excluding hydrogens is 530 g/mol. The van der Waals surface area contributed by atoms with Gasteiger partial charge >= 0.3 is 0 Å². The van der Waals surface area contributed by atoms with Crippen LogP contribution in [0.2, 0.25) is 0 Å². The molecule has 13 heteroatoms. The van der Waals surface area contributed by atoms with Crippen molar-refractivity contribution in [3.63, 3.8) is 0 Å². The molecule has 1 aliphatic rings. The number of halogens is 2. The number of sulfonamides is 1. The van der Waals surface area contributed by atoms with Crippen molar-refractivity contribution in [1.82, 2.24) is 24.3 Å². The molecule has 0 aliphatic carbocycles. The third kappa shape index (κ3) is 5.96. The van der Waals surface area contributed by atoms with E-state index in [9.17, 15) is 22.0 Å². The summed E-state index contributed by atoms with van der Waals surface area (Å²) in [7, 11) is -4.03. The Morgan fingerprint density at radius 3 is 2.62 bits per heavy atom. The standard InChI is InChI=1S/C26H26F2N6O4S/c1-17-22(15-29-25(31-17)18-3-2-4-19(27)13-18)26(35)32-34-16-24(21-14-20(28)5-6-23(21)34)39(36,37)30-7-8-33-9-11-38-12-10-33/h2-6,13-16,30H,7-12H2,1H3,(H,32,35). The number of rotatable bonds is 8. The lowest BCUT2D eigenvalue weighted by molar-refractivity contribution is 0.0390. The zero-order valence-electron chi connectivity index (χ0n) is 21.0. The number of fused-ring (bicyclic) bond motifs is 1. The predicted octanol–water partition coefficient (Wildman–Crippen LogP) is 2.68. The van der Waals surface area contributed by atoms with Gasteiger partial charge in [-0.1, -0.05) is 12.1 Å². The molecule has 0 radical (unpaired) electrons. The smallest absolute Gasteiger partial charge is 0.273 e. The van der Waals surface area contributed by atoms with Gasteiger partial charge in [0.05, 0.1) is 30.0 Å². The zero-order valence-corrected chi connectivity index (χ0v) is 21.8. The molecule has 10 nitrogen and oxygen atoms in total. The van der Waals surface area contributed by atoms with Crippen LogP contribution in [0.5, 0.6) is 0 Å². The van der Waals surface area contributed by atoms with Crippen LogP contribution in [0, 0.1) is 18.6 Å². The molecule has 2 aromatic carbocycles. The normalized spacial score (nSPS) is 14.5. The van der Waals surface area contributed by atoms with Gasteiger partial charge in [-0.2, -0.15) is 0 Å². The van der Waals surface area contributed by atoms with Crippen LogP contribution < -0.4 is 10.1 Å². The van der Waals surface area contributed by atoms with Crippen molar-refractivity contribution in [2.75, 3.05) is 44.8 Å². The number of hydrogen-bond acceptors (Lipinski definition) is 7. The number of carbonyl (C=O) groups is 1. The van der Waals surface area contributed by atoms with Gasteiger partial charge in [-0.25, -0.2) is 31.9 Å². The maximum absolute atomic E-state index is 14.1. The van der Waals surface area contributed by atoms with Crippen LogP contribution in [-0.4, -0.2) is 73.3 Å². The maximum atomic E-state index is 14.1. The van der Waals surface area contributed by atoms with E-state index < -0.39 is 27.6 Å². The van der Waals surface area contributed by atoms with Gasteiger partial charge in [0.1, 0.15) is 16.5 Å². The molecule has 0 atom stereocenters. The second-order valence-corrected chi connectivity index (χ2v) is 10.8. The van der Waals surface area contributed by atoms with Crippen LogP contribution in [-0.2, 0) is 14.8 Å². The van der Waals surface area contributed by atoms with Gasteiger partial charge in [-0.3, -0.25) is 19.8 Å². The lowest BCUT2D eigenvalue weighted by Crippen LogP contribution is -2.41. The quantitative estimate of drug-likeness (QED) is 0.343. The Bertz CT molecular complexity index is 1640. The predicted molar refractivity (Wildman–Crippen MR) is 140 cm³/mol. The fraction of sp³-hybridized carbons (Fsp3) is 0.269. The molecular formula is C26H26F2N6O4S. The number of nitrogens with one attached hydrogen (secondary N) is 2. The van der Waals surface area contributed by atoms with Crippen LogP contribution >= 0.6 is 0 Å². The molecule has 3 heterocycles. The summed E-state index contributed by atoms with van der Waals surface area (Å²) in [5.41, 5.74) is 3.84. The van der Waals surface area contributed by atoms with Crippen LogP contribution in [0.3, 0.4) is 0 Å². The first-order valence-electron chi connectivity index (χ1n) is 12.2. The third-order valence-electron chi connectivity index (χ3n) is 6.37. The van der Waals surface area contributed by atoms with Gasteiger partial charge in [-0.15, -0.1) is 0 Å². The van der Waals surface area contributed by atoms with Crippen molar-refractivity contribution in [3.8, 4) is 11.4 Å². The second-order valence-electron chi connectivity index (χ2n) is 9.02. The maximum Gasteiger partial charge on any atom is 0.273 e. The van der Waals surface area contributed by atoms with Crippen molar-refractivity contribution in [2.45, 2.75) is 11.8 Å². The summed E-state index contributed by atoms with van der Waals surface area (Å²) >= 11 is 0. The Labute approximate surface area is 223 Å². The SMILES string of the molecule is Cc1nc(-c2cccc(F)c2)ncc1C(=O)Nn1cc(S(=O)(=O)NCCN2CCOCC2)c2cc(F)ccc21. The summed E-state index contributed by atoms with van der Waals surface area (Å²) in [5.74, 6) is -1.41. The summed E-state index contributed by atoms with van der Waals surface area (Å²) in [4.78, 5) is 23.5. The summed E-state index contributed by atoms with van der Waals surface area (Å²) in [6.45, 7) is 4.88. The molecule has 1 saturated heterocycles. The lowest BCUT2D eigenvalue weighted by Gasteiger charge is -2.26. The van der Waals surface area contributed by atoms with E-state index in [1.165, 1.54) is 47.4 Å². The number of amides is 1. The molecule has 5 rings (SSSR count). The van der Waals surface area contributed by atoms with E-state index in [-0.39, 0.29) is 33.7 Å². The Morgan fingerprint density at radius 2 is 1.87 bits per heavy atom. The van der Waals surface area contributed by atoms with Crippen molar-refractivity contribution in [1.29, 1.82) is 0 Å². The number of carbonyl (C=O) groups excluding carboxylic acids is 1. The fourth-order valence-corrected chi connectivity index (χ4v) is 5.56. The molecule has 0 saturated carbocycles. The summed E-state index contributed by atoms with van der Waals surface area (Å²) < 4.78 is 63.2. The van der Waals surface area contributed by atoms with E-state index >= 15 is 0 Å². The first-order chi connectivity index (χ1) is 18.7. The molecule has 4 aromatic rings. The number of aryl methyl sites for hydroxylation is 1. The average molecular weight is 557 g/mol. The monoisotopic (exact) mass is 556 g/mol. The van der Waals surface area contributed by atoms with Crippen LogP contribution in [0.1, 0.15) is 16.1 Å². The van der Waals surface area contributed by atoms with Crippen LogP contribution in [0.4, 0.5) is 8.78 Å². The molecule has 1 fully saturated rings. The molecule has 0 unspecified atom stereocenters. The van der Waals surface area contributed by atoms with Crippen molar-refractivity contribution in [3.05, 3.63) is 77.8 Å². The van der Waals surface area contributed by atoms with E-state index in [0.29, 0.717) is 44.1 Å². The Balaban J connectivity index is 1.38. The Morgan fingerprint density at radius 1 is 1.10 bits per heavy atom. The van der Waals surface area contributed by atoms with E-state index in [1.807, 2.05) is 0 Å². The minimum absolute atomic E-state index is 0.114. The fourth-order valence-electron chi connectivity index (χ4n) is 4.35. The molecule has 0 spiro atoms. The average Bonchev–Trinajstić information content (AvgIpc) is 3.27. The molecule has 0 bridgehead atoms. The molecule has 1 aliphatic heterocycles. The van der Waals surface area contributed by atoms with E-state index in [4.69, 9.17) is 4.74 Å². The van der Waals surface area contributed by atoms with Crippen molar-refractivity contribution < 1.29 is 26.7 Å². The van der Waals surface area contributed by atoms with Gasteiger partial charge in [0.15, 0.2) is 5.82 Å². The minimum atomic E-state index is -4.03. The van der Waals surface area contributed by atoms with E-state index in [0.717, 1.165) is 6.07 Å². The molecule has 204 valence electrons. The minimum Gasteiger partial charge on any atom is -0.379 e. The summed E-state index contributed by atoms with van der Waals surface area (Å²) in [6.07, 6.45) is 2.55. The van der Waals surface area contributed by atoms with E-state index in [1.54, 1.807) is 13.0 Å². The number of hydrogen-bond donors (Lipinski definition) is 2. The van der Waals surface area contributed by atoms with E-state index in [2.05, 4.69) is 25.0 Å². The highest BCUT2D eigenvalue weighted by atomic mass is 32.2. The van der Waals surface area contributed by atoms with Crippen molar-refractivity contribution in [2.24, 2.45) is 0 Å². The third-order valence-corrected chi connectivity index (χ3v) is 7.86. The summed E-state index contributed by atoms with van der Waals surface area (Å²) in [6, 6.07) is 9.45. The summed E-state index contributed by atoms with van der Waals surface area (Å²) in [5, 5.41) is 0.114.